The molecule has 0 atom stereocenters. The van der Waals surface area contributed by atoms with Crippen LogP contribution in [0.15, 0.2) is 24.3 Å². The topological polar surface area (TPSA) is 70.4 Å². The number of urea groups is 1. The van der Waals surface area contributed by atoms with Crippen LogP contribution in [0.4, 0.5) is 14.9 Å². The average molecular weight is 318 g/mol. The van der Waals surface area contributed by atoms with E-state index in [1.165, 1.54) is 17.0 Å². The molecule has 6 nitrogen and oxygen atoms in total. The summed E-state index contributed by atoms with van der Waals surface area (Å²) in [5.74, 6) is -0.353. The highest BCUT2D eigenvalue weighted by Gasteiger charge is 2.45. The van der Waals surface area contributed by atoms with E-state index in [0.29, 0.717) is 11.3 Å². The summed E-state index contributed by atoms with van der Waals surface area (Å²) in [6.45, 7) is 4.04. The number of aryl methyl sites for hydroxylation is 2. The summed E-state index contributed by atoms with van der Waals surface area (Å²) >= 11 is 0. The number of carbonyl (C=O) groups is 1. The minimum atomic E-state index is -1.12. The fourth-order valence-corrected chi connectivity index (χ4v) is 2.81. The van der Waals surface area contributed by atoms with Gasteiger partial charge in [0.05, 0.1) is 30.2 Å². The summed E-state index contributed by atoms with van der Waals surface area (Å²) in [6.07, 6.45) is 0. The molecular weight excluding hydrogens is 299 g/mol. The van der Waals surface area contributed by atoms with Gasteiger partial charge in [0.15, 0.2) is 0 Å². The Balaban J connectivity index is 1.67. The number of amides is 2. The van der Waals surface area contributed by atoms with Crippen LogP contribution >= 0.6 is 0 Å². The molecule has 1 aromatic heterocycles. The highest BCUT2D eigenvalue weighted by Crippen LogP contribution is 2.32. The zero-order chi connectivity index (χ0) is 16.8. The Kier molecular flexibility index (Phi) is 3.60. The van der Waals surface area contributed by atoms with Crippen LogP contribution in [0.3, 0.4) is 0 Å². The summed E-state index contributed by atoms with van der Waals surface area (Å²) in [7, 11) is 1.81. The van der Waals surface area contributed by atoms with Crippen LogP contribution in [0.5, 0.6) is 0 Å². The van der Waals surface area contributed by atoms with Crippen LogP contribution in [0, 0.1) is 19.7 Å². The lowest BCUT2D eigenvalue weighted by Crippen LogP contribution is -2.62. The molecular formula is C16H19FN4O2. The van der Waals surface area contributed by atoms with Crippen molar-refractivity contribution in [3.05, 3.63) is 47.0 Å². The van der Waals surface area contributed by atoms with Gasteiger partial charge in [0.2, 0.25) is 0 Å². The van der Waals surface area contributed by atoms with Crippen molar-refractivity contribution in [2.24, 2.45) is 7.05 Å². The zero-order valence-electron chi connectivity index (χ0n) is 13.3. The highest BCUT2D eigenvalue weighted by molar-refractivity contribution is 5.91. The van der Waals surface area contributed by atoms with Gasteiger partial charge in [-0.2, -0.15) is 5.10 Å². The van der Waals surface area contributed by atoms with E-state index in [-0.39, 0.29) is 24.9 Å². The average Bonchev–Trinajstić information content (AvgIpc) is 2.71. The van der Waals surface area contributed by atoms with Gasteiger partial charge in [0.1, 0.15) is 11.4 Å². The predicted octanol–water partition coefficient (Wildman–Crippen LogP) is 1.91. The smallest absolute Gasteiger partial charge is 0.322 e. The Morgan fingerprint density at radius 2 is 1.91 bits per heavy atom. The molecule has 2 amide bonds. The first-order chi connectivity index (χ1) is 10.8. The van der Waals surface area contributed by atoms with Crippen LogP contribution in [0.2, 0.25) is 0 Å². The first kappa shape index (κ1) is 15.5. The molecule has 2 aromatic rings. The minimum absolute atomic E-state index is 0.169. The third-order valence-corrected chi connectivity index (χ3v) is 4.31. The van der Waals surface area contributed by atoms with E-state index in [4.69, 9.17) is 0 Å². The second kappa shape index (κ2) is 5.34. The SMILES string of the molecule is Cc1nn(C)c(C)c1NC(=O)N1CC(O)(c2ccc(F)cc2)C1. The molecule has 1 saturated heterocycles. The number of halogens is 1. The monoisotopic (exact) mass is 318 g/mol. The van der Waals surface area contributed by atoms with Gasteiger partial charge in [-0.15, -0.1) is 0 Å². The summed E-state index contributed by atoms with van der Waals surface area (Å²) in [4.78, 5) is 13.8. The van der Waals surface area contributed by atoms with Gasteiger partial charge in [-0.25, -0.2) is 9.18 Å². The van der Waals surface area contributed by atoms with Crippen LogP contribution < -0.4 is 5.32 Å². The molecule has 0 saturated carbocycles. The predicted molar refractivity (Wildman–Crippen MR) is 83.6 cm³/mol. The second-order valence-electron chi connectivity index (χ2n) is 5.99. The van der Waals surface area contributed by atoms with E-state index in [9.17, 15) is 14.3 Å². The number of hydrogen-bond acceptors (Lipinski definition) is 3. The first-order valence-electron chi connectivity index (χ1n) is 7.35. The number of carbonyl (C=O) groups excluding carboxylic acids is 1. The largest absolute Gasteiger partial charge is 0.381 e. The Morgan fingerprint density at radius 1 is 1.30 bits per heavy atom. The molecule has 122 valence electrons. The number of β-amino-alcohol motifs (C(OH)–C–C–N with tert-alkyl or cyclic N) is 1. The molecule has 1 aromatic carbocycles. The maximum Gasteiger partial charge on any atom is 0.322 e. The van der Waals surface area contributed by atoms with Crippen molar-refractivity contribution in [2.75, 3.05) is 18.4 Å². The van der Waals surface area contributed by atoms with E-state index in [0.717, 1.165) is 11.4 Å². The molecule has 0 radical (unpaired) electrons. The van der Waals surface area contributed by atoms with Crippen molar-refractivity contribution < 1.29 is 14.3 Å². The summed E-state index contributed by atoms with van der Waals surface area (Å²) in [6, 6.07) is 5.41. The number of likely N-dealkylation sites (tertiary alicyclic amines) is 1. The van der Waals surface area contributed by atoms with Crippen molar-refractivity contribution in [1.82, 2.24) is 14.7 Å². The van der Waals surface area contributed by atoms with Crippen molar-refractivity contribution in [1.29, 1.82) is 0 Å². The maximum absolute atomic E-state index is 13.0. The Morgan fingerprint density at radius 3 is 2.43 bits per heavy atom. The number of benzene rings is 1. The lowest BCUT2D eigenvalue weighted by molar-refractivity contribution is -0.0793. The molecule has 0 aliphatic carbocycles. The standard InChI is InChI=1S/C16H19FN4O2/c1-10-14(11(2)20(3)19-10)18-15(22)21-8-16(23,9-21)12-4-6-13(17)7-5-12/h4-7,23H,8-9H2,1-3H3,(H,18,22). The van der Waals surface area contributed by atoms with Gasteiger partial charge in [-0.3, -0.25) is 4.68 Å². The molecule has 0 spiro atoms. The van der Waals surface area contributed by atoms with Crippen molar-refractivity contribution in [3.63, 3.8) is 0 Å². The third-order valence-electron chi connectivity index (χ3n) is 4.31. The van der Waals surface area contributed by atoms with E-state index in [2.05, 4.69) is 10.4 Å². The molecule has 7 heteroatoms. The number of aromatic nitrogens is 2. The Hall–Kier alpha value is -2.41. The summed E-state index contributed by atoms with van der Waals surface area (Å²) in [5.41, 5.74) is 1.79. The van der Waals surface area contributed by atoms with Gasteiger partial charge in [-0.1, -0.05) is 12.1 Å². The van der Waals surface area contributed by atoms with Crippen molar-refractivity contribution in [3.8, 4) is 0 Å². The lowest BCUT2D eigenvalue weighted by atomic mass is 9.86. The molecule has 2 N–H and O–H groups in total. The van der Waals surface area contributed by atoms with Crippen LogP contribution in [-0.4, -0.2) is 38.9 Å². The number of hydrogen-bond donors (Lipinski definition) is 2. The third kappa shape index (κ3) is 2.68. The lowest BCUT2D eigenvalue weighted by Gasteiger charge is -2.46. The van der Waals surface area contributed by atoms with Crippen molar-refractivity contribution >= 4 is 11.7 Å². The first-order valence-corrected chi connectivity index (χ1v) is 7.35. The number of aliphatic hydroxyl groups is 1. The van der Waals surface area contributed by atoms with Gasteiger partial charge in [-0.05, 0) is 31.5 Å². The number of nitrogens with zero attached hydrogens (tertiary/aromatic N) is 3. The van der Waals surface area contributed by atoms with Gasteiger partial charge >= 0.3 is 6.03 Å². The van der Waals surface area contributed by atoms with E-state index in [1.54, 1.807) is 16.8 Å². The van der Waals surface area contributed by atoms with Gasteiger partial charge in [0.25, 0.3) is 0 Å². The number of nitrogens with one attached hydrogen (secondary N) is 1. The second-order valence-corrected chi connectivity index (χ2v) is 5.99. The molecule has 0 unspecified atom stereocenters. The minimum Gasteiger partial charge on any atom is -0.381 e. The normalized spacial score (nSPS) is 16.1. The molecule has 1 aliphatic rings. The van der Waals surface area contributed by atoms with E-state index >= 15 is 0 Å². The highest BCUT2D eigenvalue weighted by atomic mass is 19.1. The fourth-order valence-electron chi connectivity index (χ4n) is 2.81. The van der Waals surface area contributed by atoms with Crippen LogP contribution in [-0.2, 0) is 12.6 Å². The van der Waals surface area contributed by atoms with E-state index in [1.807, 2.05) is 20.9 Å². The zero-order valence-corrected chi connectivity index (χ0v) is 13.3. The Labute approximate surface area is 133 Å². The maximum atomic E-state index is 13.0. The van der Waals surface area contributed by atoms with Crippen LogP contribution in [0.1, 0.15) is 17.0 Å². The van der Waals surface area contributed by atoms with Gasteiger partial charge in [0, 0.05) is 7.05 Å². The number of rotatable bonds is 2. The molecule has 2 heterocycles. The molecule has 1 fully saturated rings. The molecule has 3 rings (SSSR count). The Bertz CT molecular complexity index is 748. The molecule has 1 aliphatic heterocycles. The molecule has 0 bridgehead atoms. The fraction of sp³-hybridized carbons (Fsp3) is 0.375. The molecule has 23 heavy (non-hydrogen) atoms. The number of anilines is 1. The summed E-state index contributed by atoms with van der Waals surface area (Å²) < 4.78 is 14.7. The van der Waals surface area contributed by atoms with Crippen LogP contribution in [0.25, 0.3) is 0 Å². The van der Waals surface area contributed by atoms with E-state index < -0.39 is 5.60 Å². The quantitative estimate of drug-likeness (QED) is 0.888. The summed E-state index contributed by atoms with van der Waals surface area (Å²) in [5, 5.41) is 17.6. The van der Waals surface area contributed by atoms with Crippen molar-refractivity contribution in [2.45, 2.75) is 19.4 Å². The van der Waals surface area contributed by atoms with Gasteiger partial charge < -0.3 is 15.3 Å².